The van der Waals surface area contributed by atoms with E-state index in [4.69, 9.17) is 9.72 Å². The van der Waals surface area contributed by atoms with Gasteiger partial charge in [0.05, 0.1) is 29.2 Å². The molecule has 3 aromatic carbocycles. The number of carbonyl (C=O) groups is 1. The number of carbonyl (C=O) groups excluding carboxylic acids is 1. The number of hydrogen-bond donors (Lipinski definition) is 1. The number of pyridine rings is 1. The van der Waals surface area contributed by atoms with Crippen LogP contribution in [0, 0.1) is 5.82 Å². The van der Waals surface area contributed by atoms with Crippen molar-refractivity contribution in [3.8, 4) is 5.82 Å². The average molecular weight is 680 g/mol. The zero-order valence-electron chi connectivity index (χ0n) is 23.7. The zero-order chi connectivity index (χ0) is 30.8. The fourth-order valence-corrected chi connectivity index (χ4v) is 6.88. The highest BCUT2D eigenvalue weighted by Gasteiger charge is 2.30. The van der Waals surface area contributed by atoms with Gasteiger partial charge in [-0.15, -0.1) is 0 Å². The third-order valence-corrected chi connectivity index (χ3v) is 9.23. The van der Waals surface area contributed by atoms with Crippen LogP contribution in [0.25, 0.3) is 16.7 Å². The molecule has 0 amide bonds. The van der Waals surface area contributed by atoms with Crippen molar-refractivity contribution in [1.29, 1.82) is 0 Å². The normalized spacial score (nSPS) is 13.7. The van der Waals surface area contributed by atoms with Crippen LogP contribution in [0.3, 0.4) is 0 Å². The van der Waals surface area contributed by atoms with Gasteiger partial charge in [0.15, 0.2) is 5.82 Å². The van der Waals surface area contributed by atoms with Gasteiger partial charge in [-0.2, -0.15) is 0 Å². The Balaban J connectivity index is 1.35. The number of piperazine rings is 1. The number of fused-ring (bicyclic) bond motifs is 1. The molecule has 0 spiro atoms. The predicted octanol–water partition coefficient (Wildman–Crippen LogP) is 5.63. The van der Waals surface area contributed by atoms with Gasteiger partial charge >= 0.3 is 5.97 Å². The second kappa shape index (κ2) is 12.2. The molecule has 1 N–H and O–H groups in total. The highest BCUT2D eigenvalue weighted by molar-refractivity contribution is 9.10. The first-order chi connectivity index (χ1) is 21.3. The molecular formula is C31H28BrFN6O4S. The fourth-order valence-electron chi connectivity index (χ4n) is 5.37. The molecule has 6 rings (SSSR count). The van der Waals surface area contributed by atoms with Crippen LogP contribution < -0.4 is 14.5 Å². The minimum atomic E-state index is -4.17. The number of nitrogens with one attached hydrogen (secondary N) is 1. The monoisotopic (exact) mass is 678 g/mol. The number of para-hydroxylation sites is 2. The SMILES string of the molecule is CCOC(=O)c1c(-n2ccnc2)nc2ccc(Br)cc2c1N1CCN(c2ccccc2NS(=O)(=O)c2ccccc2F)CC1. The summed E-state index contributed by atoms with van der Waals surface area (Å²) in [4.78, 5) is 26.3. The summed E-state index contributed by atoms with van der Waals surface area (Å²) in [5.74, 6) is -0.897. The first kappa shape index (κ1) is 29.6. The van der Waals surface area contributed by atoms with E-state index in [-0.39, 0.29) is 6.61 Å². The smallest absolute Gasteiger partial charge is 0.344 e. The molecular weight excluding hydrogens is 651 g/mol. The lowest BCUT2D eigenvalue weighted by Crippen LogP contribution is -2.47. The molecule has 1 aliphatic rings. The van der Waals surface area contributed by atoms with Crippen molar-refractivity contribution in [2.45, 2.75) is 11.8 Å². The van der Waals surface area contributed by atoms with E-state index in [2.05, 4.69) is 35.4 Å². The fraction of sp³-hybridized carbons (Fsp3) is 0.194. The Kier molecular flexibility index (Phi) is 8.23. The lowest BCUT2D eigenvalue weighted by Gasteiger charge is -2.39. The first-order valence-corrected chi connectivity index (χ1v) is 16.2. The Morgan fingerprint density at radius 3 is 2.48 bits per heavy atom. The molecule has 0 bridgehead atoms. The maximum atomic E-state index is 14.4. The Morgan fingerprint density at radius 2 is 1.75 bits per heavy atom. The molecule has 3 heterocycles. The number of benzene rings is 3. The number of rotatable bonds is 8. The van der Waals surface area contributed by atoms with Crippen LogP contribution in [0.2, 0.25) is 0 Å². The maximum Gasteiger partial charge on any atom is 0.344 e. The Labute approximate surface area is 262 Å². The minimum absolute atomic E-state index is 0.200. The van der Waals surface area contributed by atoms with E-state index in [0.29, 0.717) is 60.1 Å². The molecule has 226 valence electrons. The van der Waals surface area contributed by atoms with E-state index >= 15 is 0 Å². The quantitative estimate of drug-likeness (QED) is 0.211. The molecule has 0 saturated carbocycles. The molecule has 1 saturated heterocycles. The third-order valence-electron chi connectivity index (χ3n) is 7.34. The van der Waals surface area contributed by atoms with Gasteiger partial charge in [0.2, 0.25) is 0 Å². The van der Waals surface area contributed by atoms with Gasteiger partial charge in [0.1, 0.15) is 22.6 Å². The molecule has 13 heteroatoms. The van der Waals surface area contributed by atoms with E-state index in [1.807, 2.05) is 30.3 Å². The summed E-state index contributed by atoms with van der Waals surface area (Å²) in [7, 11) is -4.17. The number of aromatic nitrogens is 3. The van der Waals surface area contributed by atoms with Crippen LogP contribution in [0.5, 0.6) is 0 Å². The van der Waals surface area contributed by atoms with Gasteiger partial charge in [-0.1, -0.05) is 40.2 Å². The van der Waals surface area contributed by atoms with E-state index < -0.39 is 26.7 Å². The van der Waals surface area contributed by atoms with Crippen LogP contribution in [0.4, 0.5) is 21.5 Å². The van der Waals surface area contributed by atoms with Crippen LogP contribution in [-0.4, -0.2) is 61.7 Å². The molecule has 0 radical (unpaired) electrons. The third kappa shape index (κ3) is 5.72. The predicted molar refractivity (Wildman–Crippen MR) is 171 cm³/mol. The summed E-state index contributed by atoms with van der Waals surface area (Å²) >= 11 is 3.57. The van der Waals surface area contributed by atoms with Gasteiger partial charge in [-0.25, -0.2) is 27.6 Å². The summed E-state index contributed by atoms with van der Waals surface area (Å²) < 4.78 is 51.2. The molecule has 5 aromatic rings. The van der Waals surface area contributed by atoms with Gasteiger partial charge in [0, 0.05) is 48.4 Å². The number of esters is 1. The van der Waals surface area contributed by atoms with E-state index in [1.165, 1.54) is 18.2 Å². The molecule has 0 unspecified atom stereocenters. The maximum absolute atomic E-state index is 14.4. The largest absolute Gasteiger partial charge is 0.462 e. The number of halogens is 2. The van der Waals surface area contributed by atoms with Crippen LogP contribution >= 0.6 is 15.9 Å². The van der Waals surface area contributed by atoms with Crippen molar-refractivity contribution in [2.24, 2.45) is 0 Å². The average Bonchev–Trinajstić information content (AvgIpc) is 3.56. The van der Waals surface area contributed by atoms with Crippen molar-refractivity contribution in [2.75, 3.05) is 47.3 Å². The standard InChI is InChI=1S/C31H28BrFN6O4S/c1-2-43-31(40)28-29(22-19-21(32)11-12-24(22)35-30(28)39-14-13-34-20-39)38-17-15-37(16-18-38)26-9-5-4-8-25(26)36-44(41,42)27-10-6-3-7-23(27)33/h3-14,19-20,36H,2,15-18H2,1H3. The van der Waals surface area contributed by atoms with Gasteiger partial charge in [-0.3, -0.25) is 9.29 Å². The Hall–Kier alpha value is -4.49. The molecule has 1 fully saturated rings. The van der Waals surface area contributed by atoms with Crippen LogP contribution in [0.1, 0.15) is 17.3 Å². The minimum Gasteiger partial charge on any atom is -0.462 e. The van der Waals surface area contributed by atoms with Gasteiger partial charge < -0.3 is 14.5 Å². The van der Waals surface area contributed by atoms with Crippen molar-refractivity contribution >= 4 is 59.9 Å². The Bertz CT molecular complexity index is 1950. The first-order valence-electron chi connectivity index (χ1n) is 13.9. The number of nitrogens with zero attached hydrogens (tertiary/aromatic N) is 5. The van der Waals surface area contributed by atoms with Crippen molar-refractivity contribution in [3.63, 3.8) is 0 Å². The summed E-state index contributed by atoms with van der Waals surface area (Å²) in [5.41, 5.74) is 2.75. The van der Waals surface area contributed by atoms with Crippen LogP contribution in [-0.2, 0) is 14.8 Å². The van der Waals surface area contributed by atoms with Gasteiger partial charge in [-0.05, 0) is 49.4 Å². The highest BCUT2D eigenvalue weighted by atomic mass is 79.9. The highest BCUT2D eigenvalue weighted by Crippen LogP contribution is 2.37. The molecule has 10 nitrogen and oxygen atoms in total. The summed E-state index contributed by atoms with van der Waals surface area (Å²) in [6.07, 6.45) is 4.95. The molecule has 1 aliphatic heterocycles. The molecule has 0 aliphatic carbocycles. The molecule has 2 aromatic heterocycles. The molecule has 44 heavy (non-hydrogen) atoms. The van der Waals surface area contributed by atoms with Crippen molar-refractivity contribution in [3.05, 3.63) is 101 Å². The second-order valence-electron chi connectivity index (χ2n) is 10.0. The van der Waals surface area contributed by atoms with E-state index in [1.54, 1.807) is 42.3 Å². The van der Waals surface area contributed by atoms with E-state index in [0.717, 1.165) is 15.9 Å². The second-order valence-corrected chi connectivity index (χ2v) is 12.6. The van der Waals surface area contributed by atoms with E-state index in [9.17, 15) is 17.6 Å². The number of anilines is 3. The number of imidazole rings is 1. The summed E-state index contributed by atoms with van der Waals surface area (Å²) in [6.45, 7) is 4.01. The lowest BCUT2D eigenvalue weighted by atomic mass is 10.1. The van der Waals surface area contributed by atoms with Crippen LogP contribution in [0.15, 0.2) is 94.8 Å². The number of sulfonamides is 1. The number of ether oxygens (including phenoxy) is 1. The van der Waals surface area contributed by atoms with Crippen molar-refractivity contribution in [1.82, 2.24) is 14.5 Å². The zero-order valence-corrected chi connectivity index (χ0v) is 26.1. The topological polar surface area (TPSA) is 110 Å². The number of hydrogen-bond acceptors (Lipinski definition) is 8. The lowest BCUT2D eigenvalue weighted by molar-refractivity contribution is 0.0526. The Morgan fingerprint density at radius 1 is 1.02 bits per heavy atom. The van der Waals surface area contributed by atoms with Gasteiger partial charge in [0.25, 0.3) is 10.0 Å². The molecule has 0 atom stereocenters. The van der Waals surface area contributed by atoms with Crippen molar-refractivity contribution < 1.29 is 22.3 Å². The summed E-state index contributed by atoms with van der Waals surface area (Å²) in [6, 6.07) is 18.0. The summed E-state index contributed by atoms with van der Waals surface area (Å²) in [5, 5.41) is 0.790.